The van der Waals surface area contributed by atoms with Crippen molar-refractivity contribution in [1.82, 2.24) is 4.57 Å². The van der Waals surface area contributed by atoms with Gasteiger partial charge in [-0.3, -0.25) is 0 Å². The maximum absolute atomic E-state index is 3.65. The van der Waals surface area contributed by atoms with Gasteiger partial charge in [0.2, 0.25) is 0 Å². The molecule has 0 radical (unpaired) electrons. The standard InChI is InChI=1S/C29H17BBrNS3/c1-14-2-6-17(7-3-14)32-22-12-21-25(35-28-19-9-5-16(31)11-24(19)34-29(21)28)13-20(22)27-26(32)18-8-4-15(30)10-23(18)33-27/h2-13H,30H2,1H3. The van der Waals surface area contributed by atoms with Gasteiger partial charge < -0.3 is 4.57 Å². The van der Waals surface area contributed by atoms with E-state index >= 15 is 0 Å². The molecule has 1 nitrogen and oxygen atoms in total. The topological polar surface area (TPSA) is 4.93 Å². The van der Waals surface area contributed by atoms with E-state index in [2.05, 4.69) is 108 Å². The van der Waals surface area contributed by atoms with Gasteiger partial charge in [0.05, 0.1) is 25.1 Å². The van der Waals surface area contributed by atoms with Crippen LogP contribution in [-0.4, -0.2) is 12.4 Å². The van der Waals surface area contributed by atoms with Crippen LogP contribution in [0.25, 0.3) is 66.5 Å². The Bertz CT molecular complexity index is 2140. The first kappa shape index (κ1) is 20.5. The largest absolute Gasteiger partial charge is 0.308 e. The maximum atomic E-state index is 3.65. The molecule has 4 aromatic heterocycles. The Hall–Kier alpha value is -2.64. The van der Waals surface area contributed by atoms with Crippen molar-refractivity contribution in [3.63, 3.8) is 0 Å². The Balaban J connectivity index is 1.56. The predicted molar refractivity (Wildman–Crippen MR) is 165 cm³/mol. The Labute approximate surface area is 222 Å². The molecule has 4 aromatic carbocycles. The fraction of sp³-hybridized carbons (Fsp3) is 0.0345. The highest BCUT2D eigenvalue weighted by molar-refractivity contribution is 9.10. The molecule has 35 heavy (non-hydrogen) atoms. The summed E-state index contributed by atoms with van der Waals surface area (Å²) in [6.07, 6.45) is 0. The van der Waals surface area contributed by atoms with Crippen molar-refractivity contribution in [2.24, 2.45) is 0 Å². The Morgan fingerprint density at radius 3 is 2.17 bits per heavy atom. The van der Waals surface area contributed by atoms with E-state index in [0.29, 0.717) is 0 Å². The molecule has 6 heteroatoms. The molecule has 0 unspecified atom stereocenters. The monoisotopic (exact) mass is 565 g/mol. The zero-order chi connectivity index (χ0) is 23.4. The van der Waals surface area contributed by atoms with Gasteiger partial charge in [0.25, 0.3) is 0 Å². The van der Waals surface area contributed by atoms with Gasteiger partial charge in [0, 0.05) is 45.8 Å². The zero-order valence-electron chi connectivity index (χ0n) is 19.0. The van der Waals surface area contributed by atoms with Crippen LogP contribution in [0, 0.1) is 6.92 Å². The van der Waals surface area contributed by atoms with Crippen LogP contribution < -0.4 is 5.46 Å². The summed E-state index contributed by atoms with van der Waals surface area (Å²) in [6.45, 7) is 2.15. The van der Waals surface area contributed by atoms with Crippen molar-refractivity contribution in [2.45, 2.75) is 6.92 Å². The summed E-state index contributed by atoms with van der Waals surface area (Å²) in [5.74, 6) is 0. The molecule has 0 aliphatic heterocycles. The first-order valence-electron chi connectivity index (χ1n) is 11.5. The molecule has 166 valence electrons. The van der Waals surface area contributed by atoms with Gasteiger partial charge in [-0.2, -0.15) is 0 Å². The number of rotatable bonds is 1. The lowest BCUT2D eigenvalue weighted by atomic mass is 9.96. The molecule has 0 amide bonds. The number of fused-ring (bicyclic) bond motifs is 10. The number of aromatic nitrogens is 1. The fourth-order valence-electron chi connectivity index (χ4n) is 5.31. The van der Waals surface area contributed by atoms with Gasteiger partial charge in [-0.05, 0) is 43.3 Å². The summed E-state index contributed by atoms with van der Waals surface area (Å²) in [7, 11) is 2.18. The Morgan fingerprint density at radius 1 is 0.657 bits per heavy atom. The second-order valence-corrected chi connectivity index (χ2v) is 13.4. The average molecular weight is 566 g/mol. The minimum atomic E-state index is 1.14. The van der Waals surface area contributed by atoms with Gasteiger partial charge in [0.1, 0.15) is 7.85 Å². The first-order valence-corrected chi connectivity index (χ1v) is 14.8. The smallest absolute Gasteiger partial charge is 0.139 e. The van der Waals surface area contributed by atoms with Crippen molar-refractivity contribution in [3.05, 3.63) is 82.8 Å². The quantitative estimate of drug-likeness (QED) is 0.175. The summed E-state index contributed by atoms with van der Waals surface area (Å²) in [6, 6.07) is 27.4. The van der Waals surface area contributed by atoms with E-state index in [0.717, 1.165) is 4.47 Å². The molecule has 0 N–H and O–H groups in total. The molecule has 0 aliphatic rings. The number of benzene rings is 4. The summed E-state index contributed by atoms with van der Waals surface area (Å²) in [5, 5.41) is 5.43. The van der Waals surface area contributed by atoms with E-state index in [1.165, 1.54) is 77.5 Å². The highest BCUT2D eigenvalue weighted by Gasteiger charge is 2.21. The molecule has 0 fully saturated rings. The average Bonchev–Trinajstić information content (AvgIpc) is 3.55. The molecule has 0 atom stereocenters. The molecule has 8 rings (SSSR count). The Morgan fingerprint density at radius 2 is 1.34 bits per heavy atom. The van der Waals surface area contributed by atoms with Crippen molar-refractivity contribution in [2.75, 3.05) is 0 Å². The van der Waals surface area contributed by atoms with Crippen molar-refractivity contribution in [3.8, 4) is 5.69 Å². The van der Waals surface area contributed by atoms with Gasteiger partial charge in [-0.1, -0.05) is 63.4 Å². The molecule has 4 heterocycles. The molecule has 0 saturated heterocycles. The van der Waals surface area contributed by atoms with Gasteiger partial charge in [0.15, 0.2) is 0 Å². The van der Waals surface area contributed by atoms with Crippen molar-refractivity contribution >= 4 is 124 Å². The number of nitrogens with zero attached hydrogens (tertiary/aromatic N) is 1. The minimum absolute atomic E-state index is 1.14. The van der Waals surface area contributed by atoms with E-state index < -0.39 is 0 Å². The van der Waals surface area contributed by atoms with Crippen LogP contribution in [0.3, 0.4) is 0 Å². The van der Waals surface area contributed by atoms with E-state index in [-0.39, 0.29) is 0 Å². The van der Waals surface area contributed by atoms with Crippen molar-refractivity contribution in [1.29, 1.82) is 0 Å². The lowest BCUT2D eigenvalue weighted by molar-refractivity contribution is 1.18. The van der Waals surface area contributed by atoms with Crippen LogP contribution in [0.15, 0.2) is 77.3 Å². The highest BCUT2D eigenvalue weighted by atomic mass is 79.9. The van der Waals surface area contributed by atoms with Gasteiger partial charge >= 0.3 is 0 Å². The fourth-order valence-corrected chi connectivity index (χ4v) is 9.84. The molecule has 0 spiro atoms. The predicted octanol–water partition coefficient (Wildman–Crippen LogP) is 8.91. The number of hydrogen-bond donors (Lipinski definition) is 0. The summed E-state index contributed by atoms with van der Waals surface area (Å²) in [4.78, 5) is 0. The number of thiophene rings is 3. The van der Waals surface area contributed by atoms with Crippen LogP contribution in [-0.2, 0) is 0 Å². The number of hydrogen-bond acceptors (Lipinski definition) is 3. The van der Waals surface area contributed by atoms with E-state index in [1.807, 2.05) is 34.0 Å². The molecule has 0 saturated carbocycles. The third kappa shape index (κ3) is 2.85. The molecule has 0 aliphatic carbocycles. The van der Waals surface area contributed by atoms with E-state index in [9.17, 15) is 0 Å². The SMILES string of the molecule is Bc1ccc2c(c1)sc1c3cc4sc5c6ccc(Br)cc6sc5c4cc3n(-c3ccc(C)cc3)c21. The van der Waals surface area contributed by atoms with E-state index in [1.54, 1.807) is 0 Å². The van der Waals surface area contributed by atoms with E-state index in [4.69, 9.17) is 0 Å². The van der Waals surface area contributed by atoms with Crippen LogP contribution in [0.1, 0.15) is 5.56 Å². The molecular weight excluding hydrogens is 549 g/mol. The summed E-state index contributed by atoms with van der Waals surface area (Å²) in [5.41, 5.74) is 6.45. The minimum Gasteiger partial charge on any atom is -0.308 e. The molecule has 0 bridgehead atoms. The lowest BCUT2D eigenvalue weighted by Gasteiger charge is -2.09. The second kappa shape index (κ2) is 7.20. The highest BCUT2D eigenvalue weighted by Crippen LogP contribution is 2.49. The van der Waals surface area contributed by atoms with Crippen LogP contribution in [0.5, 0.6) is 0 Å². The third-order valence-electron chi connectivity index (χ3n) is 6.98. The zero-order valence-corrected chi connectivity index (χ0v) is 23.0. The molecular formula is C29H17BBrNS3. The summed E-state index contributed by atoms with van der Waals surface area (Å²) >= 11 is 9.42. The third-order valence-corrected chi connectivity index (χ3v) is 11.2. The molecule has 8 aromatic rings. The van der Waals surface area contributed by atoms with Gasteiger partial charge in [-0.25, -0.2) is 0 Å². The number of aryl methyl sites for hydroxylation is 1. The number of halogens is 1. The van der Waals surface area contributed by atoms with Crippen molar-refractivity contribution < 1.29 is 0 Å². The Kier molecular flexibility index (Phi) is 4.23. The maximum Gasteiger partial charge on any atom is 0.139 e. The van der Waals surface area contributed by atoms with Gasteiger partial charge in [-0.15, -0.1) is 34.0 Å². The van der Waals surface area contributed by atoms with Crippen LogP contribution in [0.4, 0.5) is 0 Å². The summed E-state index contributed by atoms with van der Waals surface area (Å²) < 4.78 is 11.9. The van der Waals surface area contributed by atoms with Crippen LogP contribution in [0.2, 0.25) is 0 Å². The van der Waals surface area contributed by atoms with Crippen LogP contribution >= 0.6 is 49.9 Å². The first-order chi connectivity index (χ1) is 17.0. The normalized spacial score (nSPS) is 12.4. The second-order valence-electron chi connectivity index (χ2n) is 9.32. The lowest BCUT2D eigenvalue weighted by Crippen LogP contribution is -1.99.